The van der Waals surface area contributed by atoms with E-state index in [0.717, 1.165) is 35.1 Å². The Morgan fingerprint density at radius 1 is 1.22 bits per heavy atom. The predicted octanol–water partition coefficient (Wildman–Crippen LogP) is 3.83. The lowest BCUT2D eigenvalue weighted by molar-refractivity contribution is -0.121. The zero-order valence-electron chi connectivity index (χ0n) is 13.3. The average Bonchev–Trinajstić information content (AvgIpc) is 3.18. The summed E-state index contributed by atoms with van der Waals surface area (Å²) in [6.07, 6.45) is 6.62. The Kier molecular flexibility index (Phi) is 3.60. The van der Waals surface area contributed by atoms with Crippen molar-refractivity contribution >= 4 is 11.6 Å². The minimum Gasteiger partial charge on any atom is -0.326 e. The van der Waals surface area contributed by atoms with Crippen LogP contribution in [-0.2, 0) is 4.79 Å². The molecule has 2 aliphatic carbocycles. The maximum Gasteiger partial charge on any atom is 0.227 e. The molecule has 2 aliphatic rings. The summed E-state index contributed by atoms with van der Waals surface area (Å²) in [5.74, 6) is 2.53. The minimum absolute atomic E-state index is 0.188. The summed E-state index contributed by atoms with van der Waals surface area (Å²) >= 11 is 0. The molecule has 0 aliphatic heterocycles. The Labute approximate surface area is 136 Å². The van der Waals surface area contributed by atoms with Crippen molar-refractivity contribution in [2.75, 3.05) is 5.32 Å². The van der Waals surface area contributed by atoms with E-state index in [1.807, 2.05) is 37.3 Å². The molecular formula is C19H21N3O. The third-order valence-corrected chi connectivity index (χ3v) is 5.28. The lowest BCUT2D eigenvalue weighted by Gasteiger charge is -2.20. The summed E-state index contributed by atoms with van der Waals surface area (Å²) in [5, 5.41) is 3.11. The van der Waals surface area contributed by atoms with Crippen LogP contribution in [0.4, 0.5) is 5.69 Å². The molecule has 3 atom stereocenters. The Bertz CT molecular complexity index is 743. The van der Waals surface area contributed by atoms with Crippen LogP contribution in [0.5, 0.6) is 0 Å². The summed E-state index contributed by atoms with van der Waals surface area (Å²) in [7, 11) is 0. The Balaban J connectivity index is 1.51. The molecule has 0 saturated heterocycles. The molecule has 2 bridgehead atoms. The predicted molar refractivity (Wildman–Crippen MR) is 89.8 cm³/mol. The van der Waals surface area contributed by atoms with E-state index in [2.05, 4.69) is 15.3 Å². The molecule has 1 N–H and O–H groups in total. The first kappa shape index (κ1) is 14.4. The van der Waals surface area contributed by atoms with Gasteiger partial charge in [0.2, 0.25) is 5.91 Å². The number of amides is 1. The van der Waals surface area contributed by atoms with Crippen molar-refractivity contribution in [3.63, 3.8) is 0 Å². The van der Waals surface area contributed by atoms with Crippen LogP contribution >= 0.6 is 0 Å². The molecular weight excluding hydrogens is 286 g/mol. The maximum absolute atomic E-state index is 12.6. The largest absolute Gasteiger partial charge is 0.326 e. The number of nitrogens with zero attached hydrogens (tertiary/aromatic N) is 2. The van der Waals surface area contributed by atoms with Gasteiger partial charge in [-0.25, -0.2) is 9.97 Å². The zero-order chi connectivity index (χ0) is 15.8. The van der Waals surface area contributed by atoms with E-state index < -0.39 is 0 Å². The first-order chi connectivity index (χ1) is 11.2. The zero-order valence-corrected chi connectivity index (χ0v) is 13.3. The van der Waals surface area contributed by atoms with Gasteiger partial charge in [0, 0.05) is 23.4 Å². The van der Waals surface area contributed by atoms with E-state index in [4.69, 9.17) is 0 Å². The molecule has 118 valence electrons. The van der Waals surface area contributed by atoms with E-state index in [1.165, 1.54) is 19.3 Å². The summed E-state index contributed by atoms with van der Waals surface area (Å²) in [6.45, 7) is 1.88. The molecule has 4 nitrogen and oxygen atoms in total. The monoisotopic (exact) mass is 307 g/mol. The van der Waals surface area contributed by atoms with Crippen molar-refractivity contribution in [1.82, 2.24) is 9.97 Å². The van der Waals surface area contributed by atoms with Gasteiger partial charge >= 0.3 is 0 Å². The SMILES string of the molecule is Cc1nccc(-c2cccc(NC(=O)[C@H]3C[C@H]4CC[C@H]3C4)c2)n1. The molecule has 2 aromatic rings. The number of aryl methyl sites for hydroxylation is 1. The Morgan fingerprint density at radius 3 is 2.87 bits per heavy atom. The topological polar surface area (TPSA) is 54.9 Å². The van der Waals surface area contributed by atoms with Gasteiger partial charge in [0.25, 0.3) is 0 Å². The van der Waals surface area contributed by atoms with Crippen molar-refractivity contribution in [3.05, 3.63) is 42.4 Å². The van der Waals surface area contributed by atoms with Crippen molar-refractivity contribution in [1.29, 1.82) is 0 Å². The molecule has 0 spiro atoms. The van der Waals surface area contributed by atoms with Crippen molar-refractivity contribution < 1.29 is 4.79 Å². The van der Waals surface area contributed by atoms with Crippen LogP contribution in [0.15, 0.2) is 36.5 Å². The van der Waals surface area contributed by atoms with Crippen LogP contribution in [0.25, 0.3) is 11.3 Å². The first-order valence-electron chi connectivity index (χ1n) is 8.40. The molecule has 4 rings (SSSR count). The molecule has 1 aromatic carbocycles. The third kappa shape index (κ3) is 2.85. The Hall–Kier alpha value is -2.23. The first-order valence-corrected chi connectivity index (χ1v) is 8.40. The van der Waals surface area contributed by atoms with Crippen LogP contribution in [0.3, 0.4) is 0 Å². The normalized spacial score (nSPS) is 25.5. The third-order valence-electron chi connectivity index (χ3n) is 5.28. The van der Waals surface area contributed by atoms with Gasteiger partial charge in [-0.3, -0.25) is 4.79 Å². The van der Waals surface area contributed by atoms with E-state index in [-0.39, 0.29) is 11.8 Å². The Morgan fingerprint density at radius 2 is 2.13 bits per heavy atom. The second kappa shape index (κ2) is 5.76. The molecule has 2 saturated carbocycles. The molecule has 1 amide bonds. The molecule has 1 heterocycles. The highest BCUT2D eigenvalue weighted by Crippen LogP contribution is 2.48. The summed E-state index contributed by atoms with van der Waals surface area (Å²) in [4.78, 5) is 21.1. The van der Waals surface area contributed by atoms with Crippen LogP contribution in [0.2, 0.25) is 0 Å². The van der Waals surface area contributed by atoms with E-state index in [1.54, 1.807) is 6.20 Å². The van der Waals surface area contributed by atoms with Crippen molar-refractivity contribution in [3.8, 4) is 11.3 Å². The highest BCUT2D eigenvalue weighted by molar-refractivity contribution is 5.93. The fraction of sp³-hybridized carbons (Fsp3) is 0.421. The fourth-order valence-electron chi connectivity index (χ4n) is 4.17. The van der Waals surface area contributed by atoms with Gasteiger partial charge in [-0.15, -0.1) is 0 Å². The molecule has 4 heteroatoms. The maximum atomic E-state index is 12.6. The van der Waals surface area contributed by atoms with E-state index in [0.29, 0.717) is 5.92 Å². The second-order valence-electron chi connectivity index (χ2n) is 6.84. The highest BCUT2D eigenvalue weighted by Gasteiger charge is 2.42. The average molecular weight is 307 g/mol. The lowest BCUT2D eigenvalue weighted by Crippen LogP contribution is -2.27. The summed E-state index contributed by atoms with van der Waals surface area (Å²) in [6, 6.07) is 9.80. The second-order valence-corrected chi connectivity index (χ2v) is 6.84. The van der Waals surface area contributed by atoms with Gasteiger partial charge in [-0.1, -0.05) is 18.6 Å². The molecule has 23 heavy (non-hydrogen) atoms. The smallest absolute Gasteiger partial charge is 0.227 e. The number of fused-ring (bicyclic) bond motifs is 2. The number of carbonyl (C=O) groups is 1. The number of benzene rings is 1. The van der Waals surface area contributed by atoms with Gasteiger partial charge in [-0.2, -0.15) is 0 Å². The lowest BCUT2D eigenvalue weighted by atomic mass is 9.88. The quantitative estimate of drug-likeness (QED) is 0.937. The van der Waals surface area contributed by atoms with Crippen LogP contribution < -0.4 is 5.32 Å². The fourth-order valence-corrected chi connectivity index (χ4v) is 4.17. The number of anilines is 1. The van der Waals surface area contributed by atoms with Gasteiger partial charge in [-0.05, 0) is 56.2 Å². The van der Waals surface area contributed by atoms with E-state index >= 15 is 0 Å². The van der Waals surface area contributed by atoms with Crippen molar-refractivity contribution in [2.24, 2.45) is 17.8 Å². The number of hydrogen-bond acceptors (Lipinski definition) is 3. The number of nitrogens with one attached hydrogen (secondary N) is 1. The van der Waals surface area contributed by atoms with Crippen LogP contribution in [-0.4, -0.2) is 15.9 Å². The minimum atomic E-state index is 0.188. The summed E-state index contributed by atoms with van der Waals surface area (Å²) < 4.78 is 0. The number of rotatable bonds is 3. The number of hydrogen-bond donors (Lipinski definition) is 1. The van der Waals surface area contributed by atoms with Gasteiger partial charge < -0.3 is 5.32 Å². The number of aromatic nitrogens is 2. The van der Waals surface area contributed by atoms with Gasteiger partial charge in [0.15, 0.2) is 0 Å². The molecule has 1 aromatic heterocycles. The van der Waals surface area contributed by atoms with Gasteiger partial charge in [0.05, 0.1) is 5.69 Å². The molecule has 2 fully saturated rings. The molecule has 0 radical (unpaired) electrons. The van der Waals surface area contributed by atoms with Crippen LogP contribution in [0, 0.1) is 24.7 Å². The summed E-state index contributed by atoms with van der Waals surface area (Å²) in [5.41, 5.74) is 2.74. The standard InChI is InChI=1S/C19H21N3O/c1-12-20-8-7-18(21-12)15-3-2-4-16(11-15)22-19(23)17-10-13-5-6-14(17)9-13/h2-4,7-8,11,13-14,17H,5-6,9-10H2,1H3,(H,22,23)/t13-,14-,17-/m0/s1. The highest BCUT2D eigenvalue weighted by atomic mass is 16.1. The van der Waals surface area contributed by atoms with Crippen LogP contribution in [0.1, 0.15) is 31.5 Å². The van der Waals surface area contributed by atoms with E-state index in [9.17, 15) is 4.79 Å². The van der Waals surface area contributed by atoms with Gasteiger partial charge in [0.1, 0.15) is 5.82 Å². The van der Waals surface area contributed by atoms with Crippen molar-refractivity contribution in [2.45, 2.75) is 32.6 Å². The molecule has 0 unspecified atom stereocenters. The number of carbonyl (C=O) groups excluding carboxylic acids is 1.